The number of rotatable bonds is 5. The first-order valence-electron chi connectivity index (χ1n) is 6.87. The molecule has 0 bridgehead atoms. The van der Waals surface area contributed by atoms with Crippen LogP contribution in [0.4, 0.5) is 0 Å². The summed E-state index contributed by atoms with van der Waals surface area (Å²) in [6, 6.07) is 8.42. The number of aryl methyl sites for hydroxylation is 2. The maximum absolute atomic E-state index is 4.62. The molecule has 2 rings (SSSR count). The van der Waals surface area contributed by atoms with Gasteiger partial charge in [0.2, 0.25) is 0 Å². The quantitative estimate of drug-likeness (QED) is 0.891. The van der Waals surface area contributed by atoms with Gasteiger partial charge in [0.25, 0.3) is 0 Å². The molecule has 1 heterocycles. The summed E-state index contributed by atoms with van der Waals surface area (Å²) in [5, 5.41) is 8.11. The number of hydrogen-bond acceptors (Lipinski definition) is 2. The van der Waals surface area contributed by atoms with Crippen molar-refractivity contribution in [2.45, 2.75) is 27.3 Å². The van der Waals surface area contributed by atoms with Crippen LogP contribution in [0.3, 0.4) is 0 Å². The highest BCUT2D eigenvalue weighted by Gasteiger charge is 2.11. The maximum Gasteiger partial charge on any atom is 0.0970 e. The van der Waals surface area contributed by atoms with E-state index in [0.717, 1.165) is 18.8 Å². The minimum atomic E-state index is 0.665. The zero-order valence-corrected chi connectivity index (χ0v) is 12.3. The Morgan fingerprint density at radius 2 is 2.00 bits per heavy atom. The van der Waals surface area contributed by atoms with Crippen molar-refractivity contribution in [1.29, 1.82) is 0 Å². The zero-order valence-electron chi connectivity index (χ0n) is 12.3. The summed E-state index contributed by atoms with van der Waals surface area (Å²) in [4.78, 5) is 0. The van der Waals surface area contributed by atoms with Gasteiger partial charge in [0.05, 0.1) is 5.69 Å². The minimum Gasteiger partial charge on any atom is -0.312 e. The Labute approximate surface area is 115 Å². The molecule has 19 heavy (non-hydrogen) atoms. The fraction of sp³-hybridized carbons (Fsp3) is 0.438. The van der Waals surface area contributed by atoms with Crippen molar-refractivity contribution >= 4 is 0 Å². The average molecular weight is 257 g/mol. The summed E-state index contributed by atoms with van der Waals surface area (Å²) < 4.78 is 1.90. The van der Waals surface area contributed by atoms with E-state index in [2.05, 4.69) is 61.6 Å². The third kappa shape index (κ3) is 3.44. The van der Waals surface area contributed by atoms with Gasteiger partial charge in [0.1, 0.15) is 0 Å². The Morgan fingerprint density at radius 3 is 2.68 bits per heavy atom. The highest BCUT2D eigenvalue weighted by molar-refractivity contribution is 5.66. The van der Waals surface area contributed by atoms with Crippen LogP contribution in [0.2, 0.25) is 0 Å². The lowest BCUT2D eigenvalue weighted by molar-refractivity contribution is 0.552. The van der Waals surface area contributed by atoms with Crippen molar-refractivity contribution in [3.63, 3.8) is 0 Å². The predicted molar refractivity (Wildman–Crippen MR) is 79.9 cm³/mol. The lowest BCUT2D eigenvalue weighted by atomic mass is 10.0. The molecule has 0 amide bonds. The summed E-state index contributed by atoms with van der Waals surface area (Å²) in [5.41, 5.74) is 4.85. The van der Waals surface area contributed by atoms with E-state index >= 15 is 0 Å². The molecule has 0 aliphatic carbocycles. The van der Waals surface area contributed by atoms with E-state index in [4.69, 9.17) is 0 Å². The molecule has 1 N–H and O–H groups in total. The van der Waals surface area contributed by atoms with Crippen LogP contribution in [0.15, 0.2) is 30.5 Å². The van der Waals surface area contributed by atoms with E-state index in [1.807, 2.05) is 11.7 Å². The van der Waals surface area contributed by atoms with Crippen LogP contribution in [0.5, 0.6) is 0 Å². The van der Waals surface area contributed by atoms with Crippen molar-refractivity contribution in [3.8, 4) is 11.3 Å². The van der Waals surface area contributed by atoms with Gasteiger partial charge in [-0.3, -0.25) is 4.68 Å². The normalized spacial score (nSPS) is 11.2. The van der Waals surface area contributed by atoms with E-state index in [-0.39, 0.29) is 0 Å². The van der Waals surface area contributed by atoms with Crippen molar-refractivity contribution in [3.05, 3.63) is 41.6 Å². The van der Waals surface area contributed by atoms with Gasteiger partial charge >= 0.3 is 0 Å². The summed E-state index contributed by atoms with van der Waals surface area (Å²) in [7, 11) is 1.98. The minimum absolute atomic E-state index is 0.665. The standard InChI is InChI=1S/C16H23N3/c1-12(2)9-17-10-14-11-19(4)18-16(14)15-8-6-5-7-13(15)3/h5-8,11-12,17H,9-10H2,1-4H3. The number of aromatic nitrogens is 2. The van der Waals surface area contributed by atoms with E-state index in [0.29, 0.717) is 5.92 Å². The summed E-state index contributed by atoms with van der Waals surface area (Å²) in [6.07, 6.45) is 2.11. The molecule has 0 unspecified atom stereocenters. The molecule has 3 nitrogen and oxygen atoms in total. The van der Waals surface area contributed by atoms with Gasteiger partial charge in [0, 0.05) is 30.9 Å². The highest BCUT2D eigenvalue weighted by atomic mass is 15.3. The van der Waals surface area contributed by atoms with Gasteiger partial charge < -0.3 is 5.32 Å². The fourth-order valence-corrected chi connectivity index (χ4v) is 2.23. The Balaban J connectivity index is 2.24. The van der Waals surface area contributed by atoms with Crippen molar-refractivity contribution in [1.82, 2.24) is 15.1 Å². The SMILES string of the molecule is Cc1ccccc1-c1nn(C)cc1CNCC(C)C. The van der Waals surface area contributed by atoms with Gasteiger partial charge in [0.15, 0.2) is 0 Å². The molecule has 1 aromatic carbocycles. The molecule has 0 fully saturated rings. The van der Waals surface area contributed by atoms with E-state index in [9.17, 15) is 0 Å². The second kappa shape index (κ2) is 6.02. The molecule has 0 atom stereocenters. The maximum atomic E-state index is 4.62. The summed E-state index contributed by atoms with van der Waals surface area (Å²) in [5.74, 6) is 0.665. The van der Waals surface area contributed by atoms with E-state index < -0.39 is 0 Å². The third-order valence-corrected chi connectivity index (χ3v) is 3.17. The third-order valence-electron chi connectivity index (χ3n) is 3.17. The first kappa shape index (κ1) is 13.8. The van der Waals surface area contributed by atoms with E-state index in [1.54, 1.807) is 0 Å². The van der Waals surface area contributed by atoms with Crippen molar-refractivity contribution in [2.75, 3.05) is 6.54 Å². The summed E-state index contributed by atoms with van der Waals surface area (Å²) >= 11 is 0. The molecule has 1 aromatic heterocycles. The van der Waals surface area contributed by atoms with Crippen LogP contribution in [-0.4, -0.2) is 16.3 Å². The Morgan fingerprint density at radius 1 is 1.26 bits per heavy atom. The fourth-order valence-electron chi connectivity index (χ4n) is 2.23. The molecule has 0 saturated heterocycles. The molecule has 0 aliphatic heterocycles. The Kier molecular flexibility index (Phi) is 4.38. The van der Waals surface area contributed by atoms with E-state index in [1.165, 1.54) is 16.7 Å². The second-order valence-electron chi connectivity index (χ2n) is 5.52. The molecule has 0 radical (unpaired) electrons. The van der Waals surface area contributed by atoms with Gasteiger partial charge in [-0.25, -0.2) is 0 Å². The van der Waals surface area contributed by atoms with Crippen LogP contribution in [-0.2, 0) is 13.6 Å². The largest absolute Gasteiger partial charge is 0.312 e. The molecule has 3 heteroatoms. The van der Waals surface area contributed by atoms with Crippen LogP contribution >= 0.6 is 0 Å². The topological polar surface area (TPSA) is 29.9 Å². The van der Waals surface area contributed by atoms with Gasteiger partial charge in [-0.05, 0) is 24.9 Å². The summed E-state index contributed by atoms with van der Waals surface area (Å²) in [6.45, 7) is 8.48. The molecular weight excluding hydrogens is 234 g/mol. The first-order valence-corrected chi connectivity index (χ1v) is 6.87. The Hall–Kier alpha value is -1.61. The Bertz CT molecular complexity index is 541. The second-order valence-corrected chi connectivity index (χ2v) is 5.52. The lowest BCUT2D eigenvalue weighted by Gasteiger charge is -2.08. The highest BCUT2D eigenvalue weighted by Crippen LogP contribution is 2.24. The first-order chi connectivity index (χ1) is 9.08. The van der Waals surface area contributed by atoms with Gasteiger partial charge in [-0.2, -0.15) is 5.10 Å². The molecule has 102 valence electrons. The molecular formula is C16H23N3. The predicted octanol–water partition coefficient (Wildman–Crippen LogP) is 3.14. The van der Waals surface area contributed by atoms with Crippen LogP contribution < -0.4 is 5.32 Å². The van der Waals surface area contributed by atoms with Crippen LogP contribution in [0.1, 0.15) is 25.0 Å². The molecule has 0 saturated carbocycles. The van der Waals surface area contributed by atoms with Crippen molar-refractivity contribution in [2.24, 2.45) is 13.0 Å². The monoisotopic (exact) mass is 257 g/mol. The van der Waals surface area contributed by atoms with Gasteiger partial charge in [-0.15, -0.1) is 0 Å². The number of hydrogen-bond donors (Lipinski definition) is 1. The number of benzene rings is 1. The van der Waals surface area contributed by atoms with Crippen LogP contribution in [0.25, 0.3) is 11.3 Å². The number of nitrogens with one attached hydrogen (secondary N) is 1. The molecule has 2 aromatic rings. The smallest absolute Gasteiger partial charge is 0.0970 e. The van der Waals surface area contributed by atoms with Crippen molar-refractivity contribution < 1.29 is 0 Å². The molecule has 0 spiro atoms. The average Bonchev–Trinajstić information content (AvgIpc) is 2.70. The zero-order chi connectivity index (χ0) is 13.8. The molecule has 0 aliphatic rings. The lowest BCUT2D eigenvalue weighted by Crippen LogP contribution is -2.19. The van der Waals surface area contributed by atoms with Gasteiger partial charge in [-0.1, -0.05) is 38.1 Å². The number of nitrogens with zero attached hydrogens (tertiary/aromatic N) is 2. The van der Waals surface area contributed by atoms with Crippen LogP contribution in [0, 0.1) is 12.8 Å².